The smallest absolute Gasteiger partial charge is 0.414 e. The summed E-state index contributed by atoms with van der Waals surface area (Å²) in [7, 11) is 0. The van der Waals surface area contributed by atoms with Gasteiger partial charge in [0.05, 0.1) is 11.6 Å². The van der Waals surface area contributed by atoms with E-state index in [1.807, 2.05) is 45.0 Å². The molecule has 2 atom stereocenters. The van der Waals surface area contributed by atoms with Crippen LogP contribution < -0.4 is 4.90 Å². The van der Waals surface area contributed by atoms with Gasteiger partial charge in [0.25, 0.3) is 0 Å². The topological polar surface area (TPSA) is 66.8 Å². The second-order valence-electron chi connectivity index (χ2n) is 7.15. The van der Waals surface area contributed by atoms with Crippen molar-refractivity contribution in [1.29, 1.82) is 0 Å². The van der Waals surface area contributed by atoms with Gasteiger partial charge in [0, 0.05) is 12.0 Å². The Kier molecular flexibility index (Phi) is 3.20. The van der Waals surface area contributed by atoms with Crippen LogP contribution in [0.1, 0.15) is 39.2 Å². The number of aliphatic carboxylic acids is 1. The summed E-state index contributed by atoms with van der Waals surface area (Å²) < 4.78 is 5.47. The van der Waals surface area contributed by atoms with Crippen molar-refractivity contribution < 1.29 is 19.4 Å². The first-order valence-electron chi connectivity index (χ1n) is 7.57. The average Bonchev–Trinajstić information content (AvgIpc) is 3.13. The number of carbonyl (C=O) groups excluding carboxylic acids is 1. The largest absolute Gasteiger partial charge is 0.481 e. The molecule has 2 aliphatic rings. The van der Waals surface area contributed by atoms with E-state index in [1.54, 1.807) is 4.90 Å². The monoisotopic (exact) mass is 303 g/mol. The first kappa shape index (κ1) is 14.9. The summed E-state index contributed by atoms with van der Waals surface area (Å²) in [5.74, 6) is -1.09. The third-order valence-corrected chi connectivity index (χ3v) is 4.50. The van der Waals surface area contributed by atoms with Gasteiger partial charge in [0.1, 0.15) is 5.60 Å². The van der Waals surface area contributed by atoms with Gasteiger partial charge in [-0.2, -0.15) is 0 Å². The number of fused-ring (bicyclic) bond motifs is 2. The summed E-state index contributed by atoms with van der Waals surface area (Å²) in [5, 5.41) is 9.32. The lowest BCUT2D eigenvalue weighted by Crippen LogP contribution is -2.42. The van der Waals surface area contributed by atoms with Crippen LogP contribution in [0.25, 0.3) is 0 Å². The van der Waals surface area contributed by atoms with Crippen LogP contribution in [0.4, 0.5) is 10.5 Å². The van der Waals surface area contributed by atoms with Gasteiger partial charge < -0.3 is 9.84 Å². The molecule has 22 heavy (non-hydrogen) atoms. The Hall–Kier alpha value is -2.04. The number of carboxylic acid groups (broad SMARTS) is 1. The maximum atomic E-state index is 12.4. The SMILES string of the molecule is CC(C)(C)OC(=O)N1CCC2(CC2C(=O)O)c2ccccc21. The van der Waals surface area contributed by atoms with E-state index < -0.39 is 11.6 Å². The molecular formula is C17H21NO4. The molecule has 1 aromatic carbocycles. The Bertz CT molecular complexity index is 634. The fourth-order valence-corrected chi connectivity index (χ4v) is 3.41. The van der Waals surface area contributed by atoms with E-state index in [9.17, 15) is 14.7 Å². The quantitative estimate of drug-likeness (QED) is 0.865. The van der Waals surface area contributed by atoms with Crippen LogP contribution in [0.5, 0.6) is 0 Å². The highest BCUT2D eigenvalue weighted by molar-refractivity contribution is 5.91. The highest BCUT2D eigenvalue weighted by atomic mass is 16.6. The maximum absolute atomic E-state index is 12.4. The molecule has 1 aromatic rings. The predicted molar refractivity (Wildman–Crippen MR) is 82.1 cm³/mol. The Morgan fingerprint density at radius 3 is 2.59 bits per heavy atom. The van der Waals surface area contributed by atoms with Gasteiger partial charge in [-0.3, -0.25) is 9.69 Å². The number of hydrogen-bond donors (Lipinski definition) is 1. The number of benzene rings is 1. The molecule has 5 nitrogen and oxygen atoms in total. The van der Waals surface area contributed by atoms with Crippen molar-refractivity contribution in [3.8, 4) is 0 Å². The lowest BCUT2D eigenvalue weighted by Gasteiger charge is -2.35. The van der Waals surface area contributed by atoms with E-state index in [1.165, 1.54) is 0 Å². The molecule has 1 fully saturated rings. The van der Waals surface area contributed by atoms with Gasteiger partial charge >= 0.3 is 12.1 Å². The molecule has 0 bridgehead atoms. The van der Waals surface area contributed by atoms with Crippen LogP contribution in [-0.4, -0.2) is 29.3 Å². The number of carbonyl (C=O) groups is 2. The molecule has 1 saturated carbocycles. The molecular weight excluding hydrogens is 282 g/mol. The fraction of sp³-hybridized carbons (Fsp3) is 0.529. The van der Waals surface area contributed by atoms with Crippen LogP contribution >= 0.6 is 0 Å². The van der Waals surface area contributed by atoms with E-state index in [4.69, 9.17) is 4.74 Å². The molecule has 118 valence electrons. The third kappa shape index (κ3) is 2.34. The Balaban J connectivity index is 1.93. The number of rotatable bonds is 1. The first-order valence-corrected chi connectivity index (χ1v) is 7.57. The number of amides is 1. The molecule has 1 aliphatic carbocycles. The van der Waals surface area contributed by atoms with Gasteiger partial charge in [-0.1, -0.05) is 18.2 Å². The molecule has 1 aliphatic heterocycles. The van der Waals surface area contributed by atoms with Crippen LogP contribution in [0, 0.1) is 5.92 Å². The molecule has 1 N–H and O–H groups in total. The number of ether oxygens (including phenoxy) is 1. The number of hydrogen-bond acceptors (Lipinski definition) is 3. The van der Waals surface area contributed by atoms with Crippen LogP contribution in [0.2, 0.25) is 0 Å². The zero-order valence-electron chi connectivity index (χ0n) is 13.1. The van der Waals surface area contributed by atoms with Gasteiger partial charge in [0.15, 0.2) is 0 Å². The van der Waals surface area contributed by atoms with Crippen molar-refractivity contribution in [2.75, 3.05) is 11.4 Å². The molecule has 1 spiro atoms. The van der Waals surface area contributed by atoms with Crippen molar-refractivity contribution in [2.24, 2.45) is 5.92 Å². The lowest BCUT2D eigenvalue weighted by molar-refractivity contribution is -0.139. The summed E-state index contributed by atoms with van der Waals surface area (Å²) in [4.78, 5) is 25.4. The van der Waals surface area contributed by atoms with E-state index in [-0.39, 0.29) is 17.4 Å². The van der Waals surface area contributed by atoms with Gasteiger partial charge in [-0.25, -0.2) is 4.79 Å². The second kappa shape index (κ2) is 4.73. The Labute approximate surface area is 129 Å². The van der Waals surface area contributed by atoms with Gasteiger partial charge in [0.2, 0.25) is 0 Å². The molecule has 5 heteroatoms. The zero-order valence-corrected chi connectivity index (χ0v) is 13.1. The summed E-state index contributed by atoms with van der Waals surface area (Å²) in [6.07, 6.45) is 0.948. The highest BCUT2D eigenvalue weighted by Gasteiger charge is 2.61. The fourth-order valence-electron chi connectivity index (χ4n) is 3.41. The molecule has 0 radical (unpaired) electrons. The number of para-hydroxylation sites is 1. The van der Waals surface area contributed by atoms with Crippen molar-refractivity contribution in [1.82, 2.24) is 0 Å². The Morgan fingerprint density at radius 1 is 1.32 bits per heavy atom. The van der Waals surface area contributed by atoms with E-state index in [0.29, 0.717) is 19.4 Å². The van der Waals surface area contributed by atoms with Crippen LogP contribution in [0.15, 0.2) is 24.3 Å². The number of anilines is 1. The summed E-state index contributed by atoms with van der Waals surface area (Å²) in [6, 6.07) is 7.58. The molecule has 1 amide bonds. The summed E-state index contributed by atoms with van der Waals surface area (Å²) >= 11 is 0. The van der Waals surface area contributed by atoms with Crippen LogP contribution in [0.3, 0.4) is 0 Å². The van der Waals surface area contributed by atoms with Crippen molar-refractivity contribution >= 4 is 17.7 Å². The van der Waals surface area contributed by atoms with E-state index >= 15 is 0 Å². The molecule has 0 aromatic heterocycles. The predicted octanol–water partition coefficient (Wildman–Crippen LogP) is 3.17. The van der Waals surface area contributed by atoms with E-state index in [2.05, 4.69) is 0 Å². The van der Waals surface area contributed by atoms with Crippen molar-refractivity contribution in [2.45, 2.75) is 44.6 Å². The van der Waals surface area contributed by atoms with Gasteiger partial charge in [-0.05, 0) is 45.2 Å². The molecule has 1 heterocycles. The summed E-state index contributed by atoms with van der Waals surface area (Å²) in [6.45, 7) is 6.01. The van der Waals surface area contributed by atoms with Crippen molar-refractivity contribution in [3.05, 3.63) is 29.8 Å². The summed E-state index contributed by atoms with van der Waals surface area (Å²) in [5.41, 5.74) is 0.886. The standard InChI is InChI=1S/C17H21NO4/c1-16(2,3)22-15(21)18-9-8-17(10-12(17)14(19)20)11-6-4-5-7-13(11)18/h4-7,12H,8-10H2,1-3H3,(H,19,20). The highest BCUT2D eigenvalue weighted by Crippen LogP contribution is 2.61. The first-order chi connectivity index (χ1) is 10.2. The lowest BCUT2D eigenvalue weighted by atomic mass is 9.85. The second-order valence-corrected chi connectivity index (χ2v) is 7.15. The third-order valence-electron chi connectivity index (χ3n) is 4.50. The van der Waals surface area contributed by atoms with Gasteiger partial charge in [-0.15, -0.1) is 0 Å². The normalized spacial score (nSPS) is 26.5. The zero-order chi connectivity index (χ0) is 16.1. The van der Waals surface area contributed by atoms with E-state index in [0.717, 1.165) is 11.3 Å². The number of carboxylic acids is 1. The van der Waals surface area contributed by atoms with Crippen molar-refractivity contribution in [3.63, 3.8) is 0 Å². The minimum absolute atomic E-state index is 0.305. The molecule has 3 rings (SSSR count). The Morgan fingerprint density at radius 2 is 2.00 bits per heavy atom. The maximum Gasteiger partial charge on any atom is 0.414 e. The molecule has 2 unspecified atom stereocenters. The average molecular weight is 303 g/mol. The van der Waals surface area contributed by atoms with Crippen LogP contribution in [-0.2, 0) is 14.9 Å². The number of nitrogens with zero attached hydrogens (tertiary/aromatic N) is 1. The minimum atomic E-state index is -0.750. The molecule has 0 saturated heterocycles. The minimum Gasteiger partial charge on any atom is -0.481 e.